The lowest BCUT2D eigenvalue weighted by molar-refractivity contribution is -0.140. The van der Waals surface area contributed by atoms with Crippen LogP contribution in [-0.4, -0.2) is 35.0 Å². The van der Waals surface area contributed by atoms with E-state index in [1.807, 2.05) is 4.90 Å². The maximum Gasteiger partial charge on any atom is 0.303 e. The molecule has 1 saturated heterocycles. The Bertz CT molecular complexity index is 416. The number of hydrogen-bond acceptors (Lipinski definition) is 2. The molecule has 0 aromatic carbocycles. The van der Waals surface area contributed by atoms with Gasteiger partial charge in [0, 0.05) is 19.5 Å². The summed E-state index contributed by atoms with van der Waals surface area (Å²) in [6, 6.07) is 0. The van der Waals surface area contributed by atoms with Gasteiger partial charge in [-0.2, -0.15) is 0 Å². The van der Waals surface area contributed by atoms with Gasteiger partial charge in [-0.05, 0) is 35.5 Å². The fourth-order valence-electron chi connectivity index (χ4n) is 3.69. The highest BCUT2D eigenvalue weighted by Crippen LogP contribution is 2.42. The number of rotatable bonds is 9. The lowest BCUT2D eigenvalue weighted by Crippen LogP contribution is -2.29. The molecule has 1 N–H and O–H groups in total. The molecular formula is C20H37NO3. The van der Waals surface area contributed by atoms with Crippen molar-refractivity contribution in [2.45, 2.75) is 80.1 Å². The fraction of sp³-hybridized carbons (Fsp3) is 0.900. The Labute approximate surface area is 148 Å². The minimum Gasteiger partial charge on any atom is -0.481 e. The van der Waals surface area contributed by atoms with Crippen LogP contribution in [-0.2, 0) is 9.59 Å². The van der Waals surface area contributed by atoms with Crippen LogP contribution >= 0.6 is 0 Å². The van der Waals surface area contributed by atoms with Gasteiger partial charge in [-0.3, -0.25) is 9.59 Å². The Morgan fingerprint density at radius 3 is 1.67 bits per heavy atom. The standard InChI is InChI=1S/C20H37NO3/c1-7-19(3,4)11-15-13-21(17(22)9-10-18(23)24)14-16(15)12-20(5,6)8-2/h15-16H,7-14H2,1-6H3,(H,23,24). The number of carboxylic acid groups (broad SMARTS) is 1. The Morgan fingerprint density at radius 2 is 1.33 bits per heavy atom. The van der Waals surface area contributed by atoms with Crippen LogP contribution in [0.15, 0.2) is 0 Å². The topological polar surface area (TPSA) is 57.6 Å². The largest absolute Gasteiger partial charge is 0.481 e. The average Bonchev–Trinajstić information content (AvgIpc) is 2.86. The first kappa shape index (κ1) is 21.0. The highest BCUT2D eigenvalue weighted by atomic mass is 16.4. The van der Waals surface area contributed by atoms with E-state index >= 15 is 0 Å². The van der Waals surface area contributed by atoms with Crippen molar-refractivity contribution in [2.24, 2.45) is 22.7 Å². The van der Waals surface area contributed by atoms with Crippen molar-refractivity contribution >= 4 is 11.9 Å². The van der Waals surface area contributed by atoms with E-state index in [0.29, 0.717) is 22.7 Å². The van der Waals surface area contributed by atoms with E-state index in [0.717, 1.165) is 38.8 Å². The molecule has 0 aromatic heterocycles. The average molecular weight is 340 g/mol. The van der Waals surface area contributed by atoms with Crippen molar-refractivity contribution in [1.82, 2.24) is 4.90 Å². The van der Waals surface area contributed by atoms with Gasteiger partial charge in [-0.15, -0.1) is 0 Å². The first-order valence-corrected chi connectivity index (χ1v) is 9.49. The second kappa shape index (κ2) is 8.35. The van der Waals surface area contributed by atoms with Gasteiger partial charge >= 0.3 is 5.97 Å². The van der Waals surface area contributed by atoms with Gasteiger partial charge < -0.3 is 10.0 Å². The highest BCUT2D eigenvalue weighted by Gasteiger charge is 2.39. The lowest BCUT2D eigenvalue weighted by Gasteiger charge is -2.33. The molecule has 1 rings (SSSR count). The van der Waals surface area contributed by atoms with Crippen molar-refractivity contribution in [3.05, 3.63) is 0 Å². The first-order valence-electron chi connectivity index (χ1n) is 9.49. The van der Waals surface area contributed by atoms with Crippen LogP contribution in [0.25, 0.3) is 0 Å². The highest BCUT2D eigenvalue weighted by molar-refractivity contribution is 5.80. The van der Waals surface area contributed by atoms with Crippen LogP contribution in [0, 0.1) is 22.7 Å². The molecule has 140 valence electrons. The van der Waals surface area contributed by atoms with Gasteiger partial charge in [0.2, 0.25) is 5.91 Å². The molecule has 1 amide bonds. The van der Waals surface area contributed by atoms with E-state index in [1.54, 1.807) is 0 Å². The summed E-state index contributed by atoms with van der Waals surface area (Å²) in [6.07, 6.45) is 4.61. The van der Waals surface area contributed by atoms with Crippen molar-refractivity contribution < 1.29 is 14.7 Å². The molecule has 1 aliphatic rings. The maximum absolute atomic E-state index is 12.4. The number of nitrogens with zero attached hydrogens (tertiary/aromatic N) is 1. The molecular weight excluding hydrogens is 302 g/mol. The summed E-state index contributed by atoms with van der Waals surface area (Å²) in [7, 11) is 0. The molecule has 0 bridgehead atoms. The Hall–Kier alpha value is -1.06. The number of carbonyl (C=O) groups is 2. The van der Waals surface area contributed by atoms with Gasteiger partial charge in [0.15, 0.2) is 0 Å². The zero-order valence-electron chi connectivity index (χ0n) is 16.5. The molecule has 4 heteroatoms. The number of carboxylic acids is 1. The minimum atomic E-state index is -0.894. The number of carbonyl (C=O) groups excluding carboxylic acids is 1. The number of hydrogen-bond donors (Lipinski definition) is 1. The molecule has 1 heterocycles. The van der Waals surface area contributed by atoms with Crippen molar-refractivity contribution in [2.75, 3.05) is 13.1 Å². The third kappa shape index (κ3) is 6.45. The second-order valence-corrected chi connectivity index (χ2v) is 9.16. The summed E-state index contributed by atoms with van der Waals surface area (Å²) in [6.45, 7) is 15.3. The summed E-state index contributed by atoms with van der Waals surface area (Å²) in [5, 5.41) is 8.81. The van der Waals surface area contributed by atoms with Crippen molar-refractivity contribution in [3.63, 3.8) is 0 Å². The second-order valence-electron chi connectivity index (χ2n) is 9.16. The van der Waals surface area contributed by atoms with E-state index in [1.165, 1.54) is 0 Å². The molecule has 0 aromatic rings. The molecule has 0 aliphatic carbocycles. The van der Waals surface area contributed by atoms with Crippen LogP contribution < -0.4 is 0 Å². The normalized spacial score (nSPS) is 22.0. The van der Waals surface area contributed by atoms with Gasteiger partial charge in [0.05, 0.1) is 6.42 Å². The minimum absolute atomic E-state index is 0.00788. The molecule has 0 radical (unpaired) electrons. The summed E-state index contributed by atoms with van der Waals surface area (Å²) in [4.78, 5) is 25.0. The van der Waals surface area contributed by atoms with Crippen LogP contribution in [0.3, 0.4) is 0 Å². The molecule has 4 nitrogen and oxygen atoms in total. The smallest absolute Gasteiger partial charge is 0.303 e. The van der Waals surface area contributed by atoms with Crippen LogP contribution in [0.5, 0.6) is 0 Å². The van der Waals surface area contributed by atoms with Crippen LogP contribution in [0.4, 0.5) is 0 Å². The molecule has 24 heavy (non-hydrogen) atoms. The molecule has 2 unspecified atom stereocenters. The molecule has 0 spiro atoms. The fourth-order valence-corrected chi connectivity index (χ4v) is 3.69. The zero-order chi connectivity index (χ0) is 18.5. The van der Waals surface area contributed by atoms with Crippen LogP contribution in [0.1, 0.15) is 80.1 Å². The monoisotopic (exact) mass is 339 g/mol. The van der Waals surface area contributed by atoms with Gasteiger partial charge in [0.25, 0.3) is 0 Å². The quantitative estimate of drug-likeness (QED) is 0.669. The van der Waals surface area contributed by atoms with Crippen molar-refractivity contribution in [3.8, 4) is 0 Å². The van der Waals surface area contributed by atoms with Crippen LogP contribution in [0.2, 0.25) is 0 Å². The summed E-state index contributed by atoms with van der Waals surface area (Å²) in [5.41, 5.74) is 0.582. The SMILES string of the molecule is CCC(C)(C)CC1CN(C(=O)CCC(=O)O)CC1CC(C)(C)CC. The predicted molar refractivity (Wildman–Crippen MR) is 97.8 cm³/mol. The molecule has 1 aliphatic heterocycles. The summed E-state index contributed by atoms with van der Waals surface area (Å²) >= 11 is 0. The summed E-state index contributed by atoms with van der Waals surface area (Å²) in [5.74, 6) is 0.169. The third-order valence-corrected chi connectivity index (χ3v) is 6.03. The number of likely N-dealkylation sites (tertiary alicyclic amines) is 1. The maximum atomic E-state index is 12.4. The predicted octanol–water partition coefficient (Wildman–Crippen LogP) is 4.58. The summed E-state index contributed by atoms with van der Waals surface area (Å²) < 4.78 is 0. The molecule has 1 fully saturated rings. The Balaban J connectivity index is 2.80. The third-order valence-electron chi connectivity index (χ3n) is 6.03. The first-order chi connectivity index (χ1) is 11.0. The van der Waals surface area contributed by atoms with Crippen molar-refractivity contribution in [1.29, 1.82) is 0 Å². The molecule has 2 atom stereocenters. The van der Waals surface area contributed by atoms with Gasteiger partial charge in [-0.25, -0.2) is 0 Å². The van der Waals surface area contributed by atoms with Gasteiger partial charge in [-0.1, -0.05) is 54.4 Å². The lowest BCUT2D eigenvalue weighted by atomic mass is 9.72. The Morgan fingerprint density at radius 1 is 0.917 bits per heavy atom. The molecule has 0 saturated carbocycles. The van der Waals surface area contributed by atoms with E-state index < -0.39 is 5.97 Å². The van der Waals surface area contributed by atoms with E-state index in [9.17, 15) is 9.59 Å². The number of aliphatic carboxylic acids is 1. The number of amides is 1. The zero-order valence-corrected chi connectivity index (χ0v) is 16.5. The Kier molecular flexibility index (Phi) is 7.30. The van der Waals surface area contributed by atoms with E-state index in [-0.39, 0.29) is 18.7 Å². The van der Waals surface area contributed by atoms with E-state index in [4.69, 9.17) is 5.11 Å². The van der Waals surface area contributed by atoms with Gasteiger partial charge in [0.1, 0.15) is 0 Å². The van der Waals surface area contributed by atoms with E-state index in [2.05, 4.69) is 41.5 Å².